The van der Waals surface area contributed by atoms with Crippen LogP contribution in [0.25, 0.3) is 0 Å². The Morgan fingerprint density at radius 3 is 1.67 bits per heavy atom. The van der Waals surface area contributed by atoms with Gasteiger partial charge >= 0.3 is 8.69 Å². The lowest BCUT2D eigenvalue weighted by molar-refractivity contribution is 0.524. The standard InChI is InChI=1S/C3H8.HO2P/c2*1-3-2/h3H2,1-2H3;(H,1,2). The monoisotopic (exact) mass is 108 g/mol. The van der Waals surface area contributed by atoms with Crippen LogP contribution in [0.1, 0.15) is 20.3 Å². The summed E-state index contributed by atoms with van der Waals surface area (Å²) < 4.78 is 8.46. The van der Waals surface area contributed by atoms with E-state index < -0.39 is 8.69 Å². The molecule has 3 heteroatoms. The van der Waals surface area contributed by atoms with Crippen molar-refractivity contribution in [3.8, 4) is 0 Å². The van der Waals surface area contributed by atoms with Crippen LogP contribution in [-0.4, -0.2) is 4.89 Å². The van der Waals surface area contributed by atoms with Crippen LogP contribution in [0.5, 0.6) is 0 Å². The fourth-order valence-corrected chi connectivity index (χ4v) is 0. The molecule has 2 nitrogen and oxygen atoms in total. The van der Waals surface area contributed by atoms with Crippen LogP contribution in [0.2, 0.25) is 0 Å². The van der Waals surface area contributed by atoms with E-state index in [2.05, 4.69) is 13.8 Å². The molecular weight excluding hydrogens is 99.0 g/mol. The van der Waals surface area contributed by atoms with Crippen molar-refractivity contribution in [3.05, 3.63) is 0 Å². The van der Waals surface area contributed by atoms with Gasteiger partial charge in [0, 0.05) is 0 Å². The molecule has 38 valence electrons. The molecule has 0 aromatic heterocycles. The van der Waals surface area contributed by atoms with E-state index in [4.69, 9.17) is 9.46 Å². The highest BCUT2D eigenvalue weighted by molar-refractivity contribution is 7.16. The summed E-state index contributed by atoms with van der Waals surface area (Å²) in [6, 6.07) is 0. The van der Waals surface area contributed by atoms with Gasteiger partial charge in [0.15, 0.2) is 0 Å². The topological polar surface area (TPSA) is 37.3 Å². The molecule has 6 heavy (non-hydrogen) atoms. The minimum absolute atomic E-state index is 0.833. The fraction of sp³-hybridized carbons (Fsp3) is 1.00. The Morgan fingerprint density at radius 1 is 1.67 bits per heavy atom. The van der Waals surface area contributed by atoms with Crippen LogP contribution >= 0.6 is 8.69 Å². The van der Waals surface area contributed by atoms with Gasteiger partial charge in [0.05, 0.1) is 0 Å². The maximum absolute atomic E-state index is 8.46. The first-order chi connectivity index (χ1) is 2.83. The summed E-state index contributed by atoms with van der Waals surface area (Å²) in [5, 5.41) is 0. The first kappa shape index (κ1) is 9.41. The van der Waals surface area contributed by atoms with Crippen molar-refractivity contribution in [2.24, 2.45) is 0 Å². The van der Waals surface area contributed by atoms with Crippen LogP contribution in [0.4, 0.5) is 0 Å². The molecule has 1 N–H and O–H groups in total. The molecule has 0 radical (unpaired) electrons. The van der Waals surface area contributed by atoms with E-state index in [1.165, 1.54) is 6.42 Å². The zero-order valence-corrected chi connectivity index (χ0v) is 4.90. The fourth-order valence-electron chi connectivity index (χ4n) is 0. The van der Waals surface area contributed by atoms with Gasteiger partial charge in [0.1, 0.15) is 0 Å². The van der Waals surface area contributed by atoms with E-state index in [0.717, 1.165) is 0 Å². The van der Waals surface area contributed by atoms with E-state index in [9.17, 15) is 0 Å². The van der Waals surface area contributed by atoms with Gasteiger partial charge in [-0.1, -0.05) is 20.3 Å². The third-order valence-corrected chi connectivity index (χ3v) is 0. The largest absolute Gasteiger partial charge is 0.324 e. The van der Waals surface area contributed by atoms with Gasteiger partial charge in [-0.2, -0.15) is 0 Å². The van der Waals surface area contributed by atoms with E-state index in [0.29, 0.717) is 0 Å². The van der Waals surface area contributed by atoms with Crippen LogP contribution in [0.15, 0.2) is 0 Å². The molecule has 0 bridgehead atoms. The van der Waals surface area contributed by atoms with Gasteiger partial charge in [-0.15, -0.1) is 0 Å². The SMILES string of the molecule is CCC.O=PO. The smallest absolute Gasteiger partial charge is 0.310 e. The van der Waals surface area contributed by atoms with Crippen molar-refractivity contribution in [2.75, 3.05) is 0 Å². The summed E-state index contributed by atoms with van der Waals surface area (Å²) in [6.07, 6.45) is 1.25. The summed E-state index contributed by atoms with van der Waals surface area (Å²) in [4.78, 5) is 6.99. The molecule has 0 aliphatic heterocycles. The predicted octanol–water partition coefficient (Wildman–Crippen LogP) is 1.60. The van der Waals surface area contributed by atoms with Crippen LogP contribution in [0.3, 0.4) is 0 Å². The highest BCUT2D eigenvalue weighted by Gasteiger charge is 1.35. The van der Waals surface area contributed by atoms with Crippen LogP contribution in [-0.2, 0) is 4.57 Å². The van der Waals surface area contributed by atoms with Gasteiger partial charge in [-0.05, 0) is 0 Å². The third kappa shape index (κ3) is 10600. The van der Waals surface area contributed by atoms with Crippen LogP contribution in [0, 0.1) is 0 Å². The Morgan fingerprint density at radius 2 is 1.67 bits per heavy atom. The molecular formula is C3H9O2P. The van der Waals surface area contributed by atoms with Gasteiger partial charge in [0.25, 0.3) is 0 Å². The summed E-state index contributed by atoms with van der Waals surface area (Å²) in [7, 11) is -0.833. The molecule has 0 spiro atoms. The maximum atomic E-state index is 8.46. The summed E-state index contributed by atoms with van der Waals surface area (Å²) in [6.45, 7) is 4.25. The van der Waals surface area contributed by atoms with E-state index in [1.54, 1.807) is 0 Å². The number of hydrogen-bond donors (Lipinski definition) is 1. The second-order valence-corrected chi connectivity index (χ2v) is 0.952. The Labute approximate surface area is 39.5 Å². The average molecular weight is 108 g/mol. The normalized spacial score (nSPS) is 6.50. The zero-order valence-electron chi connectivity index (χ0n) is 4.01. The second-order valence-electron chi connectivity index (χ2n) is 0.789. The maximum Gasteiger partial charge on any atom is 0.324 e. The highest BCUT2D eigenvalue weighted by atomic mass is 31.1. The summed E-state index contributed by atoms with van der Waals surface area (Å²) >= 11 is 0. The van der Waals surface area contributed by atoms with Crippen molar-refractivity contribution in [1.29, 1.82) is 0 Å². The third-order valence-electron chi connectivity index (χ3n) is 0. The Bertz CT molecular complexity index is 22.8. The molecule has 0 fully saturated rings. The molecule has 0 aliphatic carbocycles. The van der Waals surface area contributed by atoms with Crippen molar-refractivity contribution in [2.45, 2.75) is 20.3 Å². The lowest BCUT2D eigenvalue weighted by atomic mass is 10.6. The molecule has 0 unspecified atom stereocenters. The Hall–Kier alpha value is 0.0600. The first-order valence-corrected chi connectivity index (χ1v) is 2.56. The Kier molecular flexibility index (Phi) is 30.8. The van der Waals surface area contributed by atoms with Crippen molar-refractivity contribution in [3.63, 3.8) is 0 Å². The van der Waals surface area contributed by atoms with Gasteiger partial charge < -0.3 is 4.89 Å². The molecule has 0 amide bonds. The van der Waals surface area contributed by atoms with Crippen molar-refractivity contribution >= 4 is 8.69 Å². The van der Waals surface area contributed by atoms with Gasteiger partial charge in [-0.3, -0.25) is 0 Å². The van der Waals surface area contributed by atoms with E-state index >= 15 is 0 Å². The van der Waals surface area contributed by atoms with E-state index in [-0.39, 0.29) is 0 Å². The molecule has 0 aromatic rings. The molecule has 0 rings (SSSR count). The highest BCUT2D eigenvalue weighted by Crippen LogP contribution is 1.66. The summed E-state index contributed by atoms with van der Waals surface area (Å²) in [5.41, 5.74) is 0. The lowest BCUT2D eigenvalue weighted by Gasteiger charge is -1.48. The molecule has 0 aliphatic rings. The van der Waals surface area contributed by atoms with Crippen LogP contribution < -0.4 is 0 Å². The van der Waals surface area contributed by atoms with Gasteiger partial charge in [0.2, 0.25) is 0 Å². The molecule has 0 saturated carbocycles. The number of rotatable bonds is 0. The average Bonchev–Trinajstić information content (AvgIpc) is 1.39. The van der Waals surface area contributed by atoms with E-state index in [1.807, 2.05) is 0 Å². The molecule has 0 saturated heterocycles. The predicted molar refractivity (Wildman–Crippen MR) is 25.8 cm³/mol. The summed E-state index contributed by atoms with van der Waals surface area (Å²) in [5.74, 6) is 0. The second kappa shape index (κ2) is 19.7. The minimum Gasteiger partial charge on any atom is -0.310 e. The van der Waals surface area contributed by atoms with Crippen molar-refractivity contribution < 1.29 is 9.46 Å². The molecule has 0 heterocycles. The minimum atomic E-state index is -0.833. The van der Waals surface area contributed by atoms with Gasteiger partial charge in [-0.25, -0.2) is 4.57 Å². The first-order valence-electron chi connectivity index (χ1n) is 1.80. The van der Waals surface area contributed by atoms with Crippen molar-refractivity contribution in [1.82, 2.24) is 0 Å². The number of hydrogen-bond acceptors (Lipinski definition) is 1. The quantitative estimate of drug-likeness (QED) is 0.478. The molecule has 0 aromatic carbocycles. The lowest BCUT2D eigenvalue weighted by Crippen LogP contribution is -1.27. The Balaban J connectivity index is 0. The zero-order chi connectivity index (χ0) is 5.41. The molecule has 0 atom stereocenters.